The minimum atomic E-state index is -1.08. The van der Waals surface area contributed by atoms with Gasteiger partial charge in [0.15, 0.2) is 0 Å². The maximum atomic E-state index is 12.4. The van der Waals surface area contributed by atoms with E-state index < -0.39 is 17.4 Å². The summed E-state index contributed by atoms with van der Waals surface area (Å²) in [6.45, 7) is 2.92. The first-order valence-electron chi connectivity index (χ1n) is 6.22. The second-order valence-electron chi connectivity index (χ2n) is 5.18. The zero-order valence-corrected chi connectivity index (χ0v) is 11.3. The van der Waals surface area contributed by atoms with Crippen molar-refractivity contribution in [3.05, 3.63) is 35.4 Å². The number of carbonyl (C=O) groups excluding carboxylic acids is 3. The number of hydrogen-bond acceptors (Lipinski definition) is 4. The molecular formula is C14H16N2O4. The number of nitrogens with zero attached hydrogens (tertiary/aromatic N) is 1. The lowest BCUT2D eigenvalue weighted by molar-refractivity contribution is -0.143. The van der Waals surface area contributed by atoms with Gasteiger partial charge in [0.1, 0.15) is 12.1 Å². The van der Waals surface area contributed by atoms with Gasteiger partial charge >= 0.3 is 0 Å². The Morgan fingerprint density at radius 3 is 2.45 bits per heavy atom. The molecule has 1 aliphatic rings. The number of piperazine rings is 1. The SMILES string of the molecule is CC1(C)C(=O)NC(=O)CN1C(=O)c1ccc(CO)cc1. The van der Waals surface area contributed by atoms with Crippen LogP contribution < -0.4 is 5.32 Å². The second-order valence-corrected chi connectivity index (χ2v) is 5.18. The van der Waals surface area contributed by atoms with Gasteiger partial charge in [-0.1, -0.05) is 12.1 Å². The summed E-state index contributed by atoms with van der Waals surface area (Å²) >= 11 is 0. The maximum absolute atomic E-state index is 12.4. The Hall–Kier alpha value is -2.21. The minimum absolute atomic E-state index is 0.107. The molecule has 3 amide bonds. The quantitative estimate of drug-likeness (QED) is 0.748. The zero-order chi connectivity index (χ0) is 14.9. The normalized spacial score (nSPS) is 17.9. The van der Waals surface area contributed by atoms with Crippen LogP contribution in [-0.2, 0) is 16.2 Å². The first-order chi connectivity index (χ1) is 9.36. The van der Waals surface area contributed by atoms with Gasteiger partial charge in [-0.2, -0.15) is 0 Å². The number of carbonyl (C=O) groups is 3. The highest BCUT2D eigenvalue weighted by Gasteiger charge is 2.43. The molecule has 0 bridgehead atoms. The molecule has 0 atom stereocenters. The second kappa shape index (κ2) is 5.05. The fourth-order valence-electron chi connectivity index (χ4n) is 2.02. The van der Waals surface area contributed by atoms with Gasteiger partial charge < -0.3 is 10.0 Å². The highest BCUT2D eigenvalue weighted by molar-refractivity contribution is 6.08. The molecule has 1 aromatic carbocycles. The molecule has 1 heterocycles. The smallest absolute Gasteiger partial charge is 0.255 e. The van der Waals surface area contributed by atoms with Crippen molar-refractivity contribution in [3.8, 4) is 0 Å². The van der Waals surface area contributed by atoms with E-state index in [0.29, 0.717) is 11.1 Å². The van der Waals surface area contributed by atoms with E-state index in [4.69, 9.17) is 5.11 Å². The van der Waals surface area contributed by atoms with Crippen LogP contribution in [0.2, 0.25) is 0 Å². The third-order valence-electron chi connectivity index (χ3n) is 3.41. The van der Waals surface area contributed by atoms with Crippen molar-refractivity contribution in [2.45, 2.75) is 26.0 Å². The molecule has 0 spiro atoms. The molecule has 106 valence electrons. The fourth-order valence-corrected chi connectivity index (χ4v) is 2.02. The van der Waals surface area contributed by atoms with E-state index in [1.807, 2.05) is 0 Å². The summed E-state index contributed by atoms with van der Waals surface area (Å²) in [6.07, 6.45) is 0. The summed E-state index contributed by atoms with van der Waals surface area (Å²) in [7, 11) is 0. The molecular weight excluding hydrogens is 260 g/mol. The standard InChI is InChI=1S/C14H16N2O4/c1-14(2)13(20)15-11(18)7-16(14)12(19)10-5-3-9(8-17)4-6-10/h3-6,17H,7-8H2,1-2H3,(H,15,18,20). The van der Waals surface area contributed by atoms with Gasteiger partial charge in [0.25, 0.3) is 11.8 Å². The highest BCUT2D eigenvalue weighted by atomic mass is 16.3. The summed E-state index contributed by atoms with van der Waals surface area (Å²) < 4.78 is 0. The van der Waals surface area contributed by atoms with Crippen molar-refractivity contribution in [2.24, 2.45) is 0 Å². The molecule has 2 rings (SSSR count). The number of aliphatic hydroxyl groups is 1. The van der Waals surface area contributed by atoms with E-state index in [0.717, 1.165) is 0 Å². The largest absolute Gasteiger partial charge is 0.392 e. The average molecular weight is 276 g/mol. The molecule has 6 nitrogen and oxygen atoms in total. The van der Waals surface area contributed by atoms with E-state index in [1.165, 1.54) is 4.90 Å². The van der Waals surface area contributed by atoms with Crippen LogP contribution in [0.4, 0.5) is 0 Å². The lowest BCUT2D eigenvalue weighted by Crippen LogP contribution is -2.65. The van der Waals surface area contributed by atoms with Crippen LogP contribution in [0, 0.1) is 0 Å². The molecule has 1 aromatic rings. The Bertz CT molecular complexity index is 563. The van der Waals surface area contributed by atoms with Crippen molar-refractivity contribution >= 4 is 17.7 Å². The third-order valence-corrected chi connectivity index (χ3v) is 3.41. The van der Waals surface area contributed by atoms with Gasteiger partial charge in [0.05, 0.1) is 6.61 Å². The first-order valence-corrected chi connectivity index (χ1v) is 6.22. The lowest BCUT2D eigenvalue weighted by Gasteiger charge is -2.40. The number of hydrogen-bond donors (Lipinski definition) is 2. The third kappa shape index (κ3) is 2.42. The van der Waals surface area contributed by atoms with Crippen LogP contribution in [0.15, 0.2) is 24.3 Å². The molecule has 20 heavy (non-hydrogen) atoms. The Balaban J connectivity index is 2.30. The van der Waals surface area contributed by atoms with E-state index >= 15 is 0 Å². The molecule has 0 unspecified atom stereocenters. The summed E-state index contributed by atoms with van der Waals surface area (Å²) in [5, 5.41) is 11.2. The van der Waals surface area contributed by atoms with E-state index in [-0.39, 0.29) is 19.1 Å². The molecule has 0 saturated carbocycles. The monoisotopic (exact) mass is 276 g/mol. The summed E-state index contributed by atoms with van der Waals surface area (Å²) in [6, 6.07) is 6.40. The van der Waals surface area contributed by atoms with Crippen molar-refractivity contribution in [1.82, 2.24) is 10.2 Å². The Morgan fingerprint density at radius 1 is 1.30 bits per heavy atom. The number of imide groups is 1. The van der Waals surface area contributed by atoms with Crippen LogP contribution in [0.5, 0.6) is 0 Å². The van der Waals surface area contributed by atoms with E-state index in [9.17, 15) is 14.4 Å². The Labute approximate surface area is 116 Å². The minimum Gasteiger partial charge on any atom is -0.392 e. The molecule has 0 aliphatic carbocycles. The van der Waals surface area contributed by atoms with Crippen molar-refractivity contribution in [3.63, 3.8) is 0 Å². The molecule has 2 N–H and O–H groups in total. The summed E-state index contributed by atoms with van der Waals surface area (Å²) in [5.41, 5.74) is -0.0215. The lowest BCUT2D eigenvalue weighted by atomic mass is 9.97. The summed E-state index contributed by atoms with van der Waals surface area (Å²) in [5.74, 6) is -1.37. The highest BCUT2D eigenvalue weighted by Crippen LogP contribution is 2.21. The van der Waals surface area contributed by atoms with Crippen LogP contribution in [0.1, 0.15) is 29.8 Å². The molecule has 6 heteroatoms. The van der Waals surface area contributed by atoms with E-state index in [2.05, 4.69) is 5.32 Å². The average Bonchev–Trinajstić information content (AvgIpc) is 2.42. The number of amides is 3. The number of aliphatic hydroxyl groups excluding tert-OH is 1. The van der Waals surface area contributed by atoms with Gasteiger partial charge in [-0.05, 0) is 31.5 Å². The van der Waals surface area contributed by atoms with E-state index in [1.54, 1.807) is 38.1 Å². The van der Waals surface area contributed by atoms with Gasteiger partial charge in [0, 0.05) is 5.56 Å². The van der Waals surface area contributed by atoms with Gasteiger partial charge in [-0.25, -0.2) is 0 Å². The van der Waals surface area contributed by atoms with Gasteiger partial charge in [-0.15, -0.1) is 0 Å². The van der Waals surface area contributed by atoms with Crippen LogP contribution in [0.3, 0.4) is 0 Å². The van der Waals surface area contributed by atoms with Crippen LogP contribution in [0.25, 0.3) is 0 Å². The van der Waals surface area contributed by atoms with Gasteiger partial charge in [-0.3, -0.25) is 19.7 Å². The topological polar surface area (TPSA) is 86.7 Å². The number of rotatable bonds is 2. The van der Waals surface area contributed by atoms with Gasteiger partial charge in [0.2, 0.25) is 5.91 Å². The Morgan fingerprint density at radius 2 is 1.90 bits per heavy atom. The Kier molecular flexibility index (Phi) is 3.59. The molecule has 0 aromatic heterocycles. The predicted molar refractivity (Wildman–Crippen MR) is 70.6 cm³/mol. The molecule has 1 aliphatic heterocycles. The summed E-state index contributed by atoms with van der Waals surface area (Å²) in [4.78, 5) is 37.0. The van der Waals surface area contributed by atoms with Crippen molar-refractivity contribution in [1.29, 1.82) is 0 Å². The molecule has 0 radical (unpaired) electrons. The molecule has 1 fully saturated rings. The fraction of sp³-hybridized carbons (Fsp3) is 0.357. The first kappa shape index (κ1) is 14.2. The van der Waals surface area contributed by atoms with Crippen molar-refractivity contribution < 1.29 is 19.5 Å². The molecule has 1 saturated heterocycles. The number of benzene rings is 1. The number of nitrogens with one attached hydrogen (secondary N) is 1. The zero-order valence-electron chi connectivity index (χ0n) is 11.3. The van der Waals surface area contributed by atoms with Crippen LogP contribution >= 0.6 is 0 Å². The predicted octanol–water partition coefficient (Wildman–Crippen LogP) is 0.0561. The van der Waals surface area contributed by atoms with Crippen molar-refractivity contribution in [2.75, 3.05) is 6.54 Å². The maximum Gasteiger partial charge on any atom is 0.255 e. The van der Waals surface area contributed by atoms with Crippen LogP contribution in [-0.4, -0.2) is 39.8 Å².